The van der Waals surface area contributed by atoms with E-state index in [0.29, 0.717) is 5.82 Å². The Labute approximate surface area is 151 Å². The van der Waals surface area contributed by atoms with Crippen LogP contribution in [0.15, 0.2) is 48.8 Å². The van der Waals surface area contributed by atoms with E-state index < -0.39 is 0 Å². The highest BCUT2D eigenvalue weighted by molar-refractivity contribution is 5.89. The first kappa shape index (κ1) is 17.9. The van der Waals surface area contributed by atoms with Crippen LogP contribution in [0.1, 0.15) is 24.5 Å². The molecule has 0 saturated heterocycles. The zero-order valence-corrected chi connectivity index (χ0v) is 14.6. The number of anilines is 1. The summed E-state index contributed by atoms with van der Waals surface area (Å²) < 4.78 is 13.1. The average molecular weight is 352 g/mol. The third kappa shape index (κ3) is 5.07. The first-order chi connectivity index (χ1) is 12.6. The predicted molar refractivity (Wildman–Crippen MR) is 100 cm³/mol. The van der Waals surface area contributed by atoms with E-state index >= 15 is 0 Å². The van der Waals surface area contributed by atoms with Gasteiger partial charge in [-0.3, -0.25) is 9.78 Å². The SMILES string of the molecule is CC(=O)Nc1ccc2ccc(CNCCCc3cncc(F)c3)cc2n1. The molecule has 0 bridgehead atoms. The highest BCUT2D eigenvalue weighted by Crippen LogP contribution is 2.17. The smallest absolute Gasteiger partial charge is 0.222 e. The molecule has 0 atom stereocenters. The Hall–Kier alpha value is -2.86. The molecule has 3 aromatic rings. The summed E-state index contributed by atoms with van der Waals surface area (Å²) in [6, 6.07) is 11.4. The zero-order chi connectivity index (χ0) is 18.4. The molecular formula is C20H21FN4O. The number of pyridine rings is 2. The quantitative estimate of drug-likeness (QED) is 0.639. The van der Waals surface area contributed by atoms with Gasteiger partial charge in [-0.15, -0.1) is 0 Å². The number of hydrogen-bond donors (Lipinski definition) is 2. The van der Waals surface area contributed by atoms with Gasteiger partial charge in [-0.05, 0) is 54.8 Å². The summed E-state index contributed by atoms with van der Waals surface area (Å²) in [5, 5.41) is 7.11. The van der Waals surface area contributed by atoms with Gasteiger partial charge in [0.2, 0.25) is 5.91 Å². The van der Waals surface area contributed by atoms with Crippen molar-refractivity contribution in [3.8, 4) is 0 Å². The molecule has 3 rings (SSSR count). The number of nitrogens with one attached hydrogen (secondary N) is 2. The molecule has 0 unspecified atom stereocenters. The second-order valence-corrected chi connectivity index (χ2v) is 6.20. The third-order valence-corrected chi connectivity index (χ3v) is 3.97. The maximum atomic E-state index is 13.1. The van der Waals surface area contributed by atoms with Crippen molar-refractivity contribution in [2.24, 2.45) is 0 Å². The minimum Gasteiger partial charge on any atom is -0.313 e. The number of halogens is 1. The molecule has 0 aliphatic heterocycles. The summed E-state index contributed by atoms with van der Waals surface area (Å²) in [4.78, 5) is 19.5. The number of fused-ring (bicyclic) bond motifs is 1. The van der Waals surface area contributed by atoms with Gasteiger partial charge >= 0.3 is 0 Å². The Kier molecular flexibility index (Phi) is 5.86. The van der Waals surface area contributed by atoms with Crippen LogP contribution in [-0.4, -0.2) is 22.4 Å². The summed E-state index contributed by atoms with van der Waals surface area (Å²) in [6.45, 7) is 3.02. The van der Waals surface area contributed by atoms with Gasteiger partial charge in [0, 0.05) is 25.1 Å². The molecule has 2 N–H and O–H groups in total. The number of aryl methyl sites for hydroxylation is 1. The Bertz CT molecular complexity index is 913. The second-order valence-electron chi connectivity index (χ2n) is 6.20. The van der Waals surface area contributed by atoms with E-state index in [1.165, 1.54) is 19.2 Å². The van der Waals surface area contributed by atoms with E-state index in [1.54, 1.807) is 12.3 Å². The minimum atomic E-state index is -0.294. The molecule has 0 fully saturated rings. The lowest BCUT2D eigenvalue weighted by molar-refractivity contribution is -0.114. The molecule has 2 heterocycles. The number of benzene rings is 1. The van der Waals surface area contributed by atoms with Crippen molar-refractivity contribution in [1.29, 1.82) is 0 Å². The first-order valence-electron chi connectivity index (χ1n) is 8.57. The number of carbonyl (C=O) groups excluding carboxylic acids is 1. The maximum Gasteiger partial charge on any atom is 0.222 e. The van der Waals surface area contributed by atoms with Crippen LogP contribution < -0.4 is 10.6 Å². The van der Waals surface area contributed by atoms with Crippen LogP contribution in [-0.2, 0) is 17.8 Å². The molecule has 6 heteroatoms. The Morgan fingerprint density at radius 3 is 2.77 bits per heavy atom. The van der Waals surface area contributed by atoms with Crippen LogP contribution in [0, 0.1) is 5.82 Å². The molecule has 0 saturated carbocycles. The van der Waals surface area contributed by atoms with Crippen molar-refractivity contribution in [3.63, 3.8) is 0 Å². The standard InChI is InChI=1S/C20H21FN4O/c1-14(26)24-20-7-6-17-5-4-16(10-19(17)25-20)11-22-8-2-3-15-9-18(21)13-23-12-15/h4-7,9-10,12-13,22H,2-3,8,11H2,1H3,(H,24,25,26). The van der Waals surface area contributed by atoms with Gasteiger partial charge in [0.05, 0.1) is 11.7 Å². The lowest BCUT2D eigenvalue weighted by atomic mass is 10.1. The van der Waals surface area contributed by atoms with Gasteiger partial charge in [-0.1, -0.05) is 12.1 Å². The third-order valence-electron chi connectivity index (χ3n) is 3.97. The molecule has 134 valence electrons. The van der Waals surface area contributed by atoms with Crippen molar-refractivity contribution >= 4 is 22.6 Å². The van der Waals surface area contributed by atoms with Crippen molar-refractivity contribution in [2.75, 3.05) is 11.9 Å². The average Bonchev–Trinajstić information content (AvgIpc) is 2.60. The fourth-order valence-corrected chi connectivity index (χ4v) is 2.77. The van der Waals surface area contributed by atoms with Crippen molar-refractivity contribution in [3.05, 3.63) is 65.7 Å². The monoisotopic (exact) mass is 352 g/mol. The molecule has 0 aliphatic rings. The second kappa shape index (κ2) is 8.49. The molecule has 2 aromatic heterocycles. The van der Waals surface area contributed by atoms with Crippen LogP contribution in [0.2, 0.25) is 0 Å². The lowest BCUT2D eigenvalue weighted by Crippen LogP contribution is -2.15. The lowest BCUT2D eigenvalue weighted by Gasteiger charge is -2.07. The van der Waals surface area contributed by atoms with Crippen LogP contribution in [0.25, 0.3) is 10.9 Å². The summed E-state index contributed by atoms with van der Waals surface area (Å²) in [5.41, 5.74) is 2.88. The molecular weight excluding hydrogens is 331 g/mol. The van der Waals surface area contributed by atoms with E-state index in [9.17, 15) is 9.18 Å². The Morgan fingerprint density at radius 2 is 1.96 bits per heavy atom. The number of amides is 1. The minimum absolute atomic E-state index is 0.136. The van der Waals surface area contributed by atoms with E-state index in [2.05, 4.69) is 26.7 Å². The van der Waals surface area contributed by atoms with Gasteiger partial charge in [0.1, 0.15) is 11.6 Å². The van der Waals surface area contributed by atoms with Crippen LogP contribution in [0.3, 0.4) is 0 Å². The molecule has 1 aromatic carbocycles. The van der Waals surface area contributed by atoms with Gasteiger partial charge in [0.25, 0.3) is 0 Å². The maximum absolute atomic E-state index is 13.1. The fraction of sp³-hybridized carbons (Fsp3) is 0.250. The summed E-state index contributed by atoms with van der Waals surface area (Å²) in [7, 11) is 0. The molecule has 0 radical (unpaired) electrons. The van der Waals surface area contributed by atoms with Crippen LogP contribution in [0.4, 0.5) is 10.2 Å². The number of carbonyl (C=O) groups is 1. The fourth-order valence-electron chi connectivity index (χ4n) is 2.77. The number of rotatable bonds is 7. The van der Waals surface area contributed by atoms with Crippen LogP contribution in [0.5, 0.6) is 0 Å². The van der Waals surface area contributed by atoms with Crippen LogP contribution >= 0.6 is 0 Å². The summed E-state index contributed by atoms with van der Waals surface area (Å²) in [6.07, 6.45) is 4.61. The molecule has 0 spiro atoms. The predicted octanol–water partition coefficient (Wildman–Crippen LogP) is 3.45. The number of aromatic nitrogens is 2. The van der Waals surface area contributed by atoms with Gasteiger partial charge < -0.3 is 10.6 Å². The normalized spacial score (nSPS) is 10.8. The highest BCUT2D eigenvalue weighted by Gasteiger charge is 2.02. The van der Waals surface area contributed by atoms with Gasteiger partial charge in [-0.25, -0.2) is 9.37 Å². The zero-order valence-electron chi connectivity index (χ0n) is 14.6. The van der Waals surface area contributed by atoms with E-state index in [0.717, 1.165) is 48.0 Å². The first-order valence-corrected chi connectivity index (χ1v) is 8.57. The van der Waals surface area contributed by atoms with Crippen molar-refractivity contribution < 1.29 is 9.18 Å². The van der Waals surface area contributed by atoms with Crippen molar-refractivity contribution in [1.82, 2.24) is 15.3 Å². The van der Waals surface area contributed by atoms with E-state index in [-0.39, 0.29) is 11.7 Å². The summed E-state index contributed by atoms with van der Waals surface area (Å²) >= 11 is 0. The van der Waals surface area contributed by atoms with Gasteiger partial charge in [0.15, 0.2) is 0 Å². The molecule has 0 aliphatic carbocycles. The van der Waals surface area contributed by atoms with E-state index in [1.807, 2.05) is 18.2 Å². The summed E-state index contributed by atoms with van der Waals surface area (Å²) in [5.74, 6) is 0.125. The van der Waals surface area contributed by atoms with E-state index in [4.69, 9.17) is 0 Å². The number of nitrogens with zero attached hydrogens (tertiary/aromatic N) is 2. The Morgan fingerprint density at radius 1 is 1.12 bits per heavy atom. The molecule has 26 heavy (non-hydrogen) atoms. The topological polar surface area (TPSA) is 66.9 Å². The van der Waals surface area contributed by atoms with Crippen molar-refractivity contribution in [2.45, 2.75) is 26.3 Å². The highest BCUT2D eigenvalue weighted by atomic mass is 19.1. The Balaban J connectivity index is 1.52. The van der Waals surface area contributed by atoms with Gasteiger partial charge in [-0.2, -0.15) is 0 Å². The molecule has 5 nitrogen and oxygen atoms in total. The molecule has 1 amide bonds. The largest absolute Gasteiger partial charge is 0.313 e. The number of hydrogen-bond acceptors (Lipinski definition) is 4.